The summed E-state index contributed by atoms with van der Waals surface area (Å²) in [5.74, 6) is -1.40. The lowest BCUT2D eigenvalue weighted by atomic mass is 10.2. The number of halogens is 3. The van der Waals surface area contributed by atoms with E-state index in [9.17, 15) is 22.8 Å². The summed E-state index contributed by atoms with van der Waals surface area (Å²) in [6.07, 6.45) is -1.44. The van der Waals surface area contributed by atoms with Gasteiger partial charge < -0.3 is 15.4 Å². The van der Waals surface area contributed by atoms with Crippen molar-refractivity contribution in [2.75, 3.05) is 18.2 Å². The van der Waals surface area contributed by atoms with Gasteiger partial charge >= 0.3 is 6.18 Å². The molecular formula is C21H21F3N2O3S. The van der Waals surface area contributed by atoms with Crippen LogP contribution in [-0.4, -0.2) is 36.9 Å². The molecule has 0 saturated heterocycles. The Morgan fingerprint density at radius 1 is 1.13 bits per heavy atom. The molecule has 0 bridgehead atoms. The van der Waals surface area contributed by atoms with E-state index in [4.69, 9.17) is 4.74 Å². The normalized spacial score (nSPS) is 12.4. The lowest BCUT2D eigenvalue weighted by molar-refractivity contribution is -0.123. The molecule has 5 nitrogen and oxygen atoms in total. The van der Waals surface area contributed by atoms with Crippen LogP contribution in [0.1, 0.15) is 12.5 Å². The Morgan fingerprint density at radius 2 is 1.80 bits per heavy atom. The van der Waals surface area contributed by atoms with Crippen LogP contribution < -0.4 is 15.4 Å². The van der Waals surface area contributed by atoms with Crippen LogP contribution in [0.15, 0.2) is 59.5 Å². The maximum absolute atomic E-state index is 12.5. The number of alkyl halides is 3. The molecule has 0 aliphatic carbocycles. The first-order chi connectivity index (χ1) is 14.2. The summed E-state index contributed by atoms with van der Waals surface area (Å²) in [5.41, 5.74) is 1.03. The van der Waals surface area contributed by atoms with Gasteiger partial charge in [-0.3, -0.25) is 9.59 Å². The molecule has 2 N–H and O–H groups in total. The molecule has 9 heteroatoms. The number of anilines is 1. The van der Waals surface area contributed by atoms with E-state index in [-0.39, 0.29) is 5.69 Å². The van der Waals surface area contributed by atoms with E-state index >= 15 is 0 Å². The van der Waals surface area contributed by atoms with Gasteiger partial charge in [-0.2, -0.15) is 13.2 Å². The minimum Gasteiger partial charge on any atom is -0.497 e. The molecular weight excluding hydrogens is 417 g/mol. The smallest absolute Gasteiger partial charge is 0.398 e. The first kappa shape index (κ1) is 23.3. The maximum Gasteiger partial charge on any atom is 0.398 e. The monoisotopic (exact) mass is 438 g/mol. The number of para-hydroxylation sites is 1. The molecule has 1 unspecified atom stereocenters. The highest BCUT2D eigenvalue weighted by molar-refractivity contribution is 7.99. The van der Waals surface area contributed by atoms with Crippen molar-refractivity contribution in [3.8, 4) is 5.75 Å². The fourth-order valence-electron chi connectivity index (χ4n) is 2.31. The molecule has 2 aromatic carbocycles. The SMILES string of the molecule is COc1ccc(/C=C/C(=O)NC(C)C(=O)Nc2ccccc2SCC(F)(F)F)cc1. The number of hydrogen-bond donors (Lipinski definition) is 2. The number of thioether (sulfide) groups is 1. The summed E-state index contributed by atoms with van der Waals surface area (Å²) in [6, 6.07) is 12.4. The van der Waals surface area contributed by atoms with Crippen molar-refractivity contribution in [3.63, 3.8) is 0 Å². The minimum absolute atomic E-state index is 0.256. The van der Waals surface area contributed by atoms with Gasteiger partial charge in [-0.25, -0.2) is 0 Å². The van der Waals surface area contributed by atoms with Crippen LogP contribution in [-0.2, 0) is 9.59 Å². The van der Waals surface area contributed by atoms with Crippen LogP contribution in [0.5, 0.6) is 5.75 Å². The third-order valence-electron chi connectivity index (χ3n) is 3.83. The third kappa shape index (κ3) is 7.82. The molecule has 30 heavy (non-hydrogen) atoms. The Bertz CT molecular complexity index is 899. The van der Waals surface area contributed by atoms with Crippen LogP contribution >= 0.6 is 11.8 Å². The summed E-state index contributed by atoms with van der Waals surface area (Å²) in [7, 11) is 1.55. The van der Waals surface area contributed by atoms with E-state index < -0.39 is 29.8 Å². The summed E-state index contributed by atoms with van der Waals surface area (Å²) >= 11 is 0.583. The number of methoxy groups -OCH3 is 1. The number of rotatable bonds is 8. The number of hydrogen-bond acceptors (Lipinski definition) is 4. The minimum atomic E-state index is -4.32. The van der Waals surface area contributed by atoms with Crippen molar-refractivity contribution >= 4 is 35.3 Å². The number of nitrogens with one attached hydrogen (secondary N) is 2. The summed E-state index contributed by atoms with van der Waals surface area (Å²) < 4.78 is 42.5. The van der Waals surface area contributed by atoms with Gasteiger partial charge in [0.2, 0.25) is 11.8 Å². The quantitative estimate of drug-likeness (QED) is 0.470. The maximum atomic E-state index is 12.5. The number of carbonyl (C=O) groups excluding carboxylic acids is 2. The second kappa shape index (κ2) is 10.7. The second-order valence-electron chi connectivity index (χ2n) is 6.23. The van der Waals surface area contributed by atoms with Crippen LogP contribution in [0.2, 0.25) is 0 Å². The highest BCUT2D eigenvalue weighted by Crippen LogP contribution is 2.32. The molecule has 2 aromatic rings. The molecule has 0 aromatic heterocycles. The Hall–Kier alpha value is -2.94. The van der Waals surface area contributed by atoms with Gasteiger partial charge in [-0.15, -0.1) is 11.8 Å². The van der Waals surface area contributed by atoms with Gasteiger partial charge in [0.15, 0.2) is 0 Å². The lowest BCUT2D eigenvalue weighted by Crippen LogP contribution is -2.40. The fourth-order valence-corrected chi connectivity index (χ4v) is 3.08. The van der Waals surface area contributed by atoms with Crippen molar-refractivity contribution < 1.29 is 27.5 Å². The molecule has 2 amide bonds. The van der Waals surface area contributed by atoms with Crippen molar-refractivity contribution in [1.29, 1.82) is 0 Å². The Labute approximate surface area is 176 Å². The van der Waals surface area contributed by atoms with Gasteiger partial charge in [0.1, 0.15) is 11.8 Å². The van der Waals surface area contributed by atoms with Gasteiger partial charge in [0.05, 0.1) is 18.6 Å². The second-order valence-corrected chi connectivity index (χ2v) is 7.24. The van der Waals surface area contributed by atoms with Crippen molar-refractivity contribution in [2.45, 2.75) is 24.0 Å². The van der Waals surface area contributed by atoms with Crippen molar-refractivity contribution in [3.05, 3.63) is 60.2 Å². The molecule has 0 fully saturated rings. The molecule has 160 valence electrons. The van der Waals surface area contributed by atoms with Gasteiger partial charge in [-0.05, 0) is 42.8 Å². The molecule has 0 heterocycles. The van der Waals surface area contributed by atoms with Gasteiger partial charge in [-0.1, -0.05) is 24.3 Å². The van der Waals surface area contributed by atoms with Crippen molar-refractivity contribution in [1.82, 2.24) is 5.32 Å². The molecule has 0 aliphatic rings. The Morgan fingerprint density at radius 3 is 2.43 bits per heavy atom. The predicted molar refractivity (Wildman–Crippen MR) is 111 cm³/mol. The number of amides is 2. The zero-order valence-corrected chi connectivity index (χ0v) is 17.1. The van der Waals surface area contributed by atoms with Crippen molar-refractivity contribution in [2.24, 2.45) is 0 Å². The molecule has 0 aliphatic heterocycles. The Balaban J connectivity index is 1.92. The number of ether oxygens (including phenoxy) is 1. The van der Waals surface area contributed by atoms with E-state index in [1.807, 2.05) is 0 Å². The first-order valence-corrected chi connectivity index (χ1v) is 9.88. The Kier molecular flexibility index (Phi) is 8.35. The van der Waals surface area contributed by atoms with E-state index in [0.29, 0.717) is 22.4 Å². The molecule has 0 saturated carbocycles. The predicted octanol–water partition coefficient (Wildman–Crippen LogP) is 4.51. The van der Waals surface area contributed by atoms with E-state index in [1.165, 1.54) is 25.1 Å². The number of benzene rings is 2. The van der Waals surface area contributed by atoms with Crippen LogP contribution in [0.4, 0.5) is 18.9 Å². The summed E-state index contributed by atoms with van der Waals surface area (Å²) in [6.45, 7) is 1.49. The van der Waals surface area contributed by atoms with Crippen LogP contribution in [0, 0.1) is 0 Å². The zero-order valence-electron chi connectivity index (χ0n) is 16.3. The summed E-state index contributed by atoms with van der Waals surface area (Å²) in [4.78, 5) is 24.7. The third-order valence-corrected chi connectivity index (χ3v) is 4.97. The van der Waals surface area contributed by atoms with E-state index in [0.717, 1.165) is 5.56 Å². The molecule has 2 rings (SSSR count). The topological polar surface area (TPSA) is 67.4 Å². The fraction of sp³-hybridized carbons (Fsp3) is 0.238. The number of carbonyl (C=O) groups is 2. The highest BCUT2D eigenvalue weighted by atomic mass is 32.2. The standard InChI is InChI=1S/C21H21F3N2O3S/c1-14(25-19(27)12-9-15-7-10-16(29-2)11-8-15)20(28)26-17-5-3-4-6-18(17)30-13-21(22,23)24/h3-12,14H,13H2,1-2H3,(H,25,27)(H,26,28)/b12-9+. The average Bonchev–Trinajstić information content (AvgIpc) is 2.71. The van der Waals surface area contributed by atoms with Crippen LogP contribution in [0.25, 0.3) is 6.08 Å². The zero-order chi connectivity index (χ0) is 22.1. The summed E-state index contributed by atoms with van der Waals surface area (Å²) in [5, 5.41) is 5.08. The van der Waals surface area contributed by atoms with E-state index in [2.05, 4.69) is 10.6 Å². The molecule has 0 radical (unpaired) electrons. The van der Waals surface area contributed by atoms with Gasteiger partial charge in [0, 0.05) is 11.0 Å². The van der Waals surface area contributed by atoms with Crippen LogP contribution in [0.3, 0.4) is 0 Å². The highest BCUT2D eigenvalue weighted by Gasteiger charge is 2.28. The van der Waals surface area contributed by atoms with E-state index in [1.54, 1.807) is 49.6 Å². The first-order valence-electron chi connectivity index (χ1n) is 8.90. The molecule has 0 spiro atoms. The van der Waals surface area contributed by atoms with Gasteiger partial charge in [0.25, 0.3) is 0 Å². The lowest BCUT2D eigenvalue weighted by Gasteiger charge is -2.15. The molecule has 1 atom stereocenters. The largest absolute Gasteiger partial charge is 0.497 e. The average molecular weight is 438 g/mol.